The maximum absolute atomic E-state index is 9.20. The van der Waals surface area contributed by atoms with E-state index in [-0.39, 0.29) is 5.75 Å². The van der Waals surface area contributed by atoms with Crippen molar-refractivity contribution in [1.82, 2.24) is 0 Å². The van der Waals surface area contributed by atoms with E-state index in [0.717, 1.165) is 5.46 Å². The van der Waals surface area contributed by atoms with Crippen LogP contribution in [-0.4, -0.2) is 11.8 Å². The molecule has 3 heteroatoms. The van der Waals surface area contributed by atoms with Gasteiger partial charge in [-0.3, -0.25) is 0 Å². The van der Waals surface area contributed by atoms with E-state index < -0.39 is 0 Å². The van der Waals surface area contributed by atoms with Crippen molar-refractivity contribution in [2.24, 2.45) is 0 Å². The third kappa shape index (κ3) is 1.59. The fraction of sp³-hybridized carbons (Fsp3) is 0.222. The Kier molecular flexibility index (Phi) is 2.39. The van der Waals surface area contributed by atoms with Gasteiger partial charge in [0, 0.05) is 0 Å². The van der Waals surface area contributed by atoms with Crippen LogP contribution in [0.15, 0.2) is 18.2 Å². The van der Waals surface area contributed by atoms with Gasteiger partial charge in [0.15, 0.2) is 6.71 Å². The molecule has 0 radical (unpaired) electrons. The number of phenols is 1. The molecule has 0 bridgehead atoms. The van der Waals surface area contributed by atoms with E-state index in [0.29, 0.717) is 12.4 Å². The Balaban J connectivity index is 3.16. The van der Waals surface area contributed by atoms with Crippen molar-refractivity contribution in [3.05, 3.63) is 29.6 Å². The molecule has 0 unspecified atom stereocenters. The van der Waals surface area contributed by atoms with E-state index in [1.807, 2.05) is 6.07 Å². The highest BCUT2D eigenvalue weighted by atomic mass is 16.3. The van der Waals surface area contributed by atoms with Gasteiger partial charge in [-0.1, -0.05) is 31.2 Å². The Hall–Kier alpha value is -1.43. The highest BCUT2D eigenvalue weighted by molar-refractivity contribution is 6.70. The summed E-state index contributed by atoms with van der Waals surface area (Å²) in [6, 6.07) is 5.14. The average molecular weight is 159 g/mol. The topological polar surface area (TPSA) is 24.6 Å². The lowest BCUT2D eigenvalue weighted by molar-refractivity contribution is 0.478. The van der Waals surface area contributed by atoms with Crippen molar-refractivity contribution >= 4 is 17.9 Å². The van der Waals surface area contributed by atoms with Crippen LogP contribution in [0, 0.1) is 6.57 Å². The second-order valence-electron chi connectivity index (χ2n) is 3.01. The highest BCUT2D eigenvalue weighted by Gasteiger charge is 2.06. The zero-order chi connectivity index (χ0) is 9.14. The van der Waals surface area contributed by atoms with Crippen LogP contribution in [0.4, 0.5) is 5.69 Å². The van der Waals surface area contributed by atoms with Gasteiger partial charge in [-0.15, -0.1) is 0 Å². The van der Waals surface area contributed by atoms with Gasteiger partial charge in [0.2, 0.25) is 5.69 Å². The van der Waals surface area contributed by atoms with Crippen LogP contribution in [-0.2, 0) is 0 Å². The van der Waals surface area contributed by atoms with Gasteiger partial charge in [-0.25, -0.2) is 4.85 Å². The van der Waals surface area contributed by atoms with Crippen LogP contribution in [0.1, 0.15) is 0 Å². The van der Waals surface area contributed by atoms with Crippen molar-refractivity contribution < 1.29 is 5.11 Å². The molecule has 1 aromatic rings. The summed E-state index contributed by atoms with van der Waals surface area (Å²) in [4.78, 5) is 3.21. The fourth-order valence-electron chi connectivity index (χ4n) is 0.989. The molecule has 0 amide bonds. The van der Waals surface area contributed by atoms with Crippen LogP contribution >= 0.6 is 0 Å². The molecule has 2 nitrogen and oxygen atoms in total. The zero-order valence-electron chi connectivity index (χ0n) is 7.20. The van der Waals surface area contributed by atoms with E-state index in [4.69, 9.17) is 6.57 Å². The molecule has 1 N–H and O–H groups in total. The number of aromatic hydroxyl groups is 1. The van der Waals surface area contributed by atoms with E-state index in [9.17, 15) is 5.11 Å². The lowest BCUT2D eigenvalue weighted by Crippen LogP contribution is -2.21. The van der Waals surface area contributed by atoms with Gasteiger partial charge < -0.3 is 5.11 Å². The number of nitrogens with zero attached hydrogens (tertiary/aromatic N) is 1. The lowest BCUT2D eigenvalue weighted by Gasteiger charge is -2.03. The minimum Gasteiger partial charge on any atom is -0.519 e. The molecule has 0 saturated carbocycles. The van der Waals surface area contributed by atoms with Gasteiger partial charge in [-0.2, -0.15) is 0 Å². The Bertz CT molecular complexity index is 328. The van der Waals surface area contributed by atoms with Crippen molar-refractivity contribution in [3.63, 3.8) is 0 Å². The van der Waals surface area contributed by atoms with Crippen molar-refractivity contribution in [3.8, 4) is 5.75 Å². The summed E-state index contributed by atoms with van der Waals surface area (Å²) >= 11 is 0. The first kappa shape index (κ1) is 8.67. The number of hydrogen-bond donors (Lipinski definition) is 1. The van der Waals surface area contributed by atoms with Gasteiger partial charge in [0.1, 0.15) is 5.75 Å². The molecule has 12 heavy (non-hydrogen) atoms. The maximum atomic E-state index is 9.20. The first-order valence-electron chi connectivity index (χ1n) is 3.85. The van der Waals surface area contributed by atoms with E-state index in [1.54, 1.807) is 12.1 Å². The number of rotatable bonds is 1. The quantitative estimate of drug-likeness (QED) is 0.491. The maximum Gasteiger partial charge on any atom is 0.227 e. The molecular formula is C9H10BNO. The Morgan fingerprint density at radius 3 is 2.58 bits per heavy atom. The summed E-state index contributed by atoms with van der Waals surface area (Å²) in [5.74, 6) is 0.0643. The second kappa shape index (κ2) is 3.31. The third-order valence-electron chi connectivity index (χ3n) is 1.79. The minimum atomic E-state index is 0.0643. The Morgan fingerprint density at radius 1 is 1.42 bits per heavy atom. The minimum absolute atomic E-state index is 0.0643. The lowest BCUT2D eigenvalue weighted by atomic mass is 9.49. The molecule has 0 heterocycles. The van der Waals surface area contributed by atoms with Crippen LogP contribution in [0.3, 0.4) is 0 Å². The number of hydrogen-bond acceptors (Lipinski definition) is 1. The van der Waals surface area contributed by atoms with Gasteiger partial charge >= 0.3 is 0 Å². The smallest absolute Gasteiger partial charge is 0.227 e. The van der Waals surface area contributed by atoms with E-state index >= 15 is 0 Å². The summed E-state index contributed by atoms with van der Waals surface area (Å²) in [5, 5.41) is 9.20. The molecule has 1 rings (SSSR count). The van der Waals surface area contributed by atoms with Gasteiger partial charge in [0.05, 0.1) is 6.57 Å². The summed E-state index contributed by atoms with van der Waals surface area (Å²) in [7, 11) is 0. The number of phenolic OH excluding ortho intramolecular Hbond substituents is 1. The van der Waals surface area contributed by atoms with Crippen molar-refractivity contribution in [2.45, 2.75) is 13.6 Å². The van der Waals surface area contributed by atoms with Crippen LogP contribution in [0.25, 0.3) is 4.85 Å². The first-order valence-corrected chi connectivity index (χ1v) is 3.85. The van der Waals surface area contributed by atoms with Crippen LogP contribution < -0.4 is 5.46 Å². The average Bonchev–Trinajstić information content (AvgIpc) is 2.05. The monoisotopic (exact) mass is 159 g/mol. The van der Waals surface area contributed by atoms with Crippen LogP contribution in [0.2, 0.25) is 13.6 Å². The summed E-state index contributed by atoms with van der Waals surface area (Å²) in [6.45, 7) is 11.3. The Labute approximate surface area is 72.7 Å². The normalized spacial score (nSPS) is 9.08. The summed E-state index contributed by atoms with van der Waals surface area (Å²) in [6.07, 6.45) is 0. The molecule has 0 aliphatic carbocycles. The second-order valence-corrected chi connectivity index (χ2v) is 3.01. The van der Waals surface area contributed by atoms with Crippen molar-refractivity contribution in [1.29, 1.82) is 0 Å². The molecule has 60 valence electrons. The first-order chi connectivity index (χ1) is 5.65. The largest absolute Gasteiger partial charge is 0.519 e. The van der Waals surface area contributed by atoms with E-state index in [2.05, 4.69) is 18.5 Å². The third-order valence-corrected chi connectivity index (χ3v) is 1.79. The molecule has 0 aliphatic heterocycles. The van der Waals surface area contributed by atoms with E-state index in [1.165, 1.54) is 0 Å². The molecule has 0 atom stereocenters. The predicted molar refractivity (Wildman–Crippen MR) is 51.5 cm³/mol. The SMILES string of the molecule is [C-]#[N+]c1cc(B(C)C)ccc1O. The molecular weight excluding hydrogens is 149 g/mol. The fourth-order valence-corrected chi connectivity index (χ4v) is 0.989. The zero-order valence-corrected chi connectivity index (χ0v) is 7.20. The van der Waals surface area contributed by atoms with Crippen molar-refractivity contribution in [2.75, 3.05) is 0 Å². The summed E-state index contributed by atoms with van der Waals surface area (Å²) < 4.78 is 0. The Morgan fingerprint density at radius 2 is 2.08 bits per heavy atom. The molecule has 0 fully saturated rings. The van der Waals surface area contributed by atoms with Gasteiger partial charge in [-0.05, 0) is 6.07 Å². The molecule has 0 aromatic heterocycles. The van der Waals surface area contributed by atoms with Gasteiger partial charge in [0.25, 0.3) is 0 Å². The number of benzene rings is 1. The van der Waals surface area contributed by atoms with Crippen LogP contribution in [0.5, 0.6) is 5.75 Å². The molecule has 0 aliphatic rings. The predicted octanol–water partition coefficient (Wildman–Crippen LogP) is 1.90. The molecule has 0 saturated heterocycles. The standard InChI is InChI=1S/C9H10BNO/c1-10(2)7-4-5-9(12)8(6-7)11-3/h4-6,12H,1-2H3. The highest BCUT2D eigenvalue weighted by Crippen LogP contribution is 2.23. The molecule has 1 aromatic carbocycles. The molecule has 0 spiro atoms. The summed E-state index contributed by atoms with van der Waals surface area (Å²) in [5.41, 5.74) is 1.42.